The number of carbonyl (C=O) groups excluding carboxylic acids is 5. The summed E-state index contributed by atoms with van der Waals surface area (Å²) in [7, 11) is 3.12. The van der Waals surface area contributed by atoms with E-state index < -0.39 is 35.6 Å². The van der Waals surface area contributed by atoms with Crippen LogP contribution in [0.4, 0.5) is 0 Å². The fourth-order valence-corrected chi connectivity index (χ4v) is 4.76. The van der Waals surface area contributed by atoms with Crippen molar-refractivity contribution in [1.29, 1.82) is 0 Å². The second kappa shape index (κ2) is 29.2. The van der Waals surface area contributed by atoms with Crippen molar-refractivity contribution in [2.75, 3.05) is 93.4 Å². The maximum Gasteiger partial charge on any atom is 0.246 e. The first-order valence-electron chi connectivity index (χ1n) is 17.9. The Bertz CT molecular complexity index is 1330. The van der Waals surface area contributed by atoms with Crippen LogP contribution in [-0.2, 0) is 71.7 Å². The molecule has 15 heteroatoms. The average molecular weight is 745 g/mol. The Labute approximate surface area is 312 Å². The Morgan fingerprint density at radius 3 is 1.70 bits per heavy atom. The lowest BCUT2D eigenvalue weighted by Crippen LogP contribution is -2.54. The molecular formula is C38H56N4O11. The van der Waals surface area contributed by atoms with E-state index in [1.807, 2.05) is 42.5 Å². The number of nitrogens with one attached hydrogen (secondary N) is 4. The number of hydrogen-bond donors (Lipinski definition) is 4. The molecular weight excluding hydrogens is 688 g/mol. The highest BCUT2D eigenvalue weighted by molar-refractivity contribution is 5.96. The number of imide groups is 1. The molecule has 294 valence electrons. The number of amides is 5. The predicted molar refractivity (Wildman–Crippen MR) is 196 cm³/mol. The van der Waals surface area contributed by atoms with Crippen molar-refractivity contribution in [2.45, 2.75) is 44.6 Å². The van der Waals surface area contributed by atoms with Gasteiger partial charge in [-0.1, -0.05) is 54.6 Å². The van der Waals surface area contributed by atoms with Crippen LogP contribution in [0.1, 0.15) is 36.0 Å². The van der Waals surface area contributed by atoms with E-state index in [4.69, 9.17) is 28.4 Å². The molecule has 2 aromatic rings. The number of carbonyl (C=O) groups is 5. The first-order chi connectivity index (χ1) is 25.8. The minimum atomic E-state index is -1.18. The van der Waals surface area contributed by atoms with E-state index in [1.54, 1.807) is 14.2 Å². The molecule has 5 amide bonds. The maximum atomic E-state index is 13.0. The monoisotopic (exact) mass is 744 g/mol. The van der Waals surface area contributed by atoms with Crippen LogP contribution in [0.2, 0.25) is 0 Å². The third kappa shape index (κ3) is 23.1. The fourth-order valence-electron chi connectivity index (χ4n) is 4.76. The van der Waals surface area contributed by atoms with Crippen LogP contribution < -0.4 is 21.3 Å². The molecule has 53 heavy (non-hydrogen) atoms. The summed E-state index contributed by atoms with van der Waals surface area (Å²) in [6.45, 7) is 1.51. The quantitative estimate of drug-likeness (QED) is 0.0833. The molecule has 0 fully saturated rings. The second-order valence-corrected chi connectivity index (χ2v) is 11.9. The molecule has 0 spiro atoms. The molecule has 0 saturated carbocycles. The number of ether oxygens (including phenoxy) is 6. The molecule has 2 aromatic carbocycles. The summed E-state index contributed by atoms with van der Waals surface area (Å²) in [5.74, 6) is -2.78. The largest absolute Gasteiger partial charge is 0.382 e. The topological polar surface area (TPSA) is 189 Å². The van der Waals surface area contributed by atoms with Gasteiger partial charge in [0.25, 0.3) is 0 Å². The van der Waals surface area contributed by atoms with Crippen molar-refractivity contribution in [3.63, 3.8) is 0 Å². The van der Waals surface area contributed by atoms with Crippen LogP contribution in [0.15, 0.2) is 54.6 Å². The van der Waals surface area contributed by atoms with Gasteiger partial charge in [0, 0.05) is 33.7 Å². The summed E-state index contributed by atoms with van der Waals surface area (Å²) < 4.78 is 30.9. The van der Waals surface area contributed by atoms with Crippen LogP contribution in [0.3, 0.4) is 0 Å². The number of aryl methyl sites for hydroxylation is 2. The predicted octanol–water partition coefficient (Wildman–Crippen LogP) is 0.904. The maximum absolute atomic E-state index is 13.0. The average Bonchev–Trinajstić information content (AvgIpc) is 3.15. The van der Waals surface area contributed by atoms with Crippen molar-refractivity contribution in [1.82, 2.24) is 21.3 Å². The van der Waals surface area contributed by atoms with Gasteiger partial charge in [-0.05, 0) is 42.4 Å². The first kappa shape index (κ1) is 44.9. The SMILES string of the molecule is COCCOCCOCC(=O)NC[C@H](NC(=O)COCCOCCOC)C(=O)NCCC(=O)NC(=O)Cc1ccc(CCCCc2ccccc2)cc1. The van der Waals surface area contributed by atoms with E-state index in [2.05, 4.69) is 33.4 Å². The highest BCUT2D eigenvalue weighted by Crippen LogP contribution is 2.11. The molecule has 0 saturated heterocycles. The fraction of sp³-hybridized carbons (Fsp3) is 0.553. The van der Waals surface area contributed by atoms with E-state index in [9.17, 15) is 24.0 Å². The Morgan fingerprint density at radius 2 is 1.09 bits per heavy atom. The van der Waals surface area contributed by atoms with Gasteiger partial charge < -0.3 is 44.4 Å². The Balaban J connectivity index is 1.73. The second-order valence-electron chi connectivity index (χ2n) is 11.9. The van der Waals surface area contributed by atoms with Gasteiger partial charge in [0.05, 0.1) is 59.3 Å². The molecule has 0 radical (unpaired) electrons. The van der Waals surface area contributed by atoms with Crippen molar-refractivity contribution in [3.8, 4) is 0 Å². The first-order valence-corrected chi connectivity index (χ1v) is 17.9. The summed E-state index contributed by atoms with van der Waals surface area (Å²) in [4.78, 5) is 62.7. The Morgan fingerprint density at radius 1 is 0.566 bits per heavy atom. The van der Waals surface area contributed by atoms with Gasteiger partial charge in [-0.15, -0.1) is 0 Å². The lowest BCUT2D eigenvalue weighted by atomic mass is 10.0. The van der Waals surface area contributed by atoms with Crippen LogP contribution in [-0.4, -0.2) is 129 Å². The van der Waals surface area contributed by atoms with Gasteiger partial charge in [0.1, 0.15) is 19.3 Å². The summed E-state index contributed by atoms with van der Waals surface area (Å²) in [5, 5.41) is 9.98. The van der Waals surface area contributed by atoms with E-state index >= 15 is 0 Å². The molecule has 0 aliphatic carbocycles. The van der Waals surface area contributed by atoms with E-state index in [0.29, 0.717) is 26.4 Å². The zero-order valence-electron chi connectivity index (χ0n) is 31.0. The lowest BCUT2D eigenvalue weighted by molar-refractivity contribution is -0.133. The van der Waals surface area contributed by atoms with Gasteiger partial charge in [-0.3, -0.25) is 29.3 Å². The van der Waals surface area contributed by atoms with Crippen LogP contribution in [0.25, 0.3) is 0 Å². The van der Waals surface area contributed by atoms with Crippen molar-refractivity contribution < 1.29 is 52.4 Å². The summed E-state index contributed by atoms with van der Waals surface area (Å²) in [6, 6.07) is 17.0. The minimum Gasteiger partial charge on any atom is -0.382 e. The highest BCUT2D eigenvalue weighted by Gasteiger charge is 2.22. The third-order valence-corrected chi connectivity index (χ3v) is 7.57. The Hall–Kier alpha value is -4.25. The number of methoxy groups -OCH3 is 2. The number of unbranched alkanes of at least 4 members (excludes halogenated alkanes) is 1. The highest BCUT2D eigenvalue weighted by atomic mass is 16.5. The van der Waals surface area contributed by atoms with E-state index in [0.717, 1.165) is 31.2 Å². The summed E-state index contributed by atoms with van der Waals surface area (Å²) >= 11 is 0. The van der Waals surface area contributed by atoms with Gasteiger partial charge >= 0.3 is 0 Å². The Kier molecular flexibility index (Phi) is 24.8. The molecule has 0 unspecified atom stereocenters. The smallest absolute Gasteiger partial charge is 0.246 e. The van der Waals surface area contributed by atoms with E-state index in [-0.39, 0.29) is 65.6 Å². The molecule has 0 bridgehead atoms. The number of hydrogen-bond acceptors (Lipinski definition) is 11. The van der Waals surface area contributed by atoms with Gasteiger partial charge in [-0.2, -0.15) is 0 Å². The normalized spacial score (nSPS) is 11.4. The molecule has 15 nitrogen and oxygen atoms in total. The van der Waals surface area contributed by atoms with Crippen molar-refractivity contribution in [3.05, 3.63) is 71.3 Å². The van der Waals surface area contributed by atoms with Crippen LogP contribution in [0.5, 0.6) is 0 Å². The zero-order valence-corrected chi connectivity index (χ0v) is 31.0. The summed E-state index contributed by atoms with van der Waals surface area (Å²) in [5.41, 5.74) is 3.30. The molecule has 0 heterocycles. The van der Waals surface area contributed by atoms with Crippen molar-refractivity contribution in [2.24, 2.45) is 0 Å². The van der Waals surface area contributed by atoms with Gasteiger partial charge in [0.2, 0.25) is 29.5 Å². The standard InChI is InChI=1S/C38H56N4O11/c1-48-18-20-50-22-24-52-28-36(45)40-27-33(41-37(46)29-53-25-23-51-21-19-49-2)38(47)39-17-16-34(43)42-35(44)26-32-14-12-31(13-15-32)11-7-6-10-30-8-4-3-5-9-30/h3-5,8-9,12-15,33H,6-7,10-11,16-29H2,1-2H3,(H,39,47)(H,40,45)(H,41,46)(H,42,43,44)/t33-/m0/s1. The zero-order chi connectivity index (χ0) is 38.4. The van der Waals surface area contributed by atoms with Crippen LogP contribution in [0, 0.1) is 0 Å². The van der Waals surface area contributed by atoms with E-state index in [1.165, 1.54) is 11.1 Å². The molecule has 2 rings (SSSR count). The van der Waals surface area contributed by atoms with Gasteiger partial charge in [-0.25, -0.2) is 0 Å². The third-order valence-electron chi connectivity index (χ3n) is 7.57. The minimum absolute atomic E-state index is 0.0338. The molecule has 0 aromatic heterocycles. The van der Waals surface area contributed by atoms with Crippen LogP contribution >= 0.6 is 0 Å². The molecule has 4 N–H and O–H groups in total. The number of benzene rings is 2. The van der Waals surface area contributed by atoms with Gasteiger partial charge in [0.15, 0.2) is 0 Å². The lowest BCUT2D eigenvalue weighted by Gasteiger charge is -2.19. The molecule has 0 aliphatic heterocycles. The number of rotatable bonds is 30. The summed E-state index contributed by atoms with van der Waals surface area (Å²) in [6.07, 6.45) is 3.98. The van der Waals surface area contributed by atoms with Crippen molar-refractivity contribution >= 4 is 29.5 Å². The molecule has 1 atom stereocenters. The molecule has 0 aliphatic rings.